The largest absolute Gasteiger partial charge is 0.480 e. The lowest BCUT2D eigenvalue weighted by Crippen LogP contribution is -2.61. The molecule has 0 amide bonds. The van der Waals surface area contributed by atoms with E-state index in [1.54, 1.807) is 7.11 Å². The second kappa shape index (κ2) is 3.64. The van der Waals surface area contributed by atoms with Crippen molar-refractivity contribution in [2.75, 3.05) is 13.7 Å². The molecule has 0 bridgehead atoms. The van der Waals surface area contributed by atoms with Gasteiger partial charge in [0.1, 0.15) is 0 Å². The number of aliphatic carboxylic acids is 1. The molecule has 1 rings (SSSR count). The third-order valence-corrected chi connectivity index (χ3v) is 2.96. The predicted octanol–water partition coefficient (Wildman–Crippen LogP) is 0.474. The first-order valence-electron chi connectivity index (χ1n) is 4.46. The van der Waals surface area contributed by atoms with Gasteiger partial charge in [0, 0.05) is 18.6 Å². The number of carboxylic acids is 1. The Morgan fingerprint density at radius 3 is 2.69 bits per heavy atom. The highest BCUT2D eigenvalue weighted by molar-refractivity contribution is 5.69. The van der Waals surface area contributed by atoms with Gasteiger partial charge >= 0.3 is 5.97 Å². The smallest absolute Gasteiger partial charge is 0.317 e. The highest BCUT2D eigenvalue weighted by atomic mass is 16.5. The van der Waals surface area contributed by atoms with E-state index in [1.807, 2.05) is 0 Å². The maximum atomic E-state index is 10.3. The number of methoxy groups -OCH3 is 1. The average molecular weight is 187 g/mol. The fraction of sp³-hybridized carbons (Fsp3) is 0.889. The van der Waals surface area contributed by atoms with Crippen molar-refractivity contribution in [1.29, 1.82) is 0 Å². The van der Waals surface area contributed by atoms with Gasteiger partial charge in [0.25, 0.3) is 0 Å². The lowest BCUT2D eigenvalue weighted by Gasteiger charge is -2.51. The molecule has 1 aliphatic rings. The monoisotopic (exact) mass is 187 g/mol. The first-order valence-corrected chi connectivity index (χ1v) is 4.46. The topological polar surface area (TPSA) is 58.6 Å². The van der Waals surface area contributed by atoms with E-state index in [0.29, 0.717) is 0 Å². The van der Waals surface area contributed by atoms with E-state index < -0.39 is 5.97 Å². The van der Waals surface area contributed by atoms with Crippen LogP contribution >= 0.6 is 0 Å². The van der Waals surface area contributed by atoms with Crippen LogP contribution in [-0.4, -0.2) is 36.9 Å². The van der Waals surface area contributed by atoms with E-state index in [1.165, 1.54) is 0 Å². The van der Waals surface area contributed by atoms with Gasteiger partial charge in [-0.15, -0.1) is 0 Å². The molecule has 0 saturated heterocycles. The molecule has 0 spiro atoms. The first kappa shape index (κ1) is 10.5. The molecule has 0 aromatic rings. The molecule has 0 aromatic carbocycles. The maximum Gasteiger partial charge on any atom is 0.317 e. The number of nitrogens with one attached hydrogen (secondary N) is 1. The van der Waals surface area contributed by atoms with Crippen LogP contribution in [0.3, 0.4) is 0 Å². The molecular formula is C9H17NO3. The van der Waals surface area contributed by atoms with Gasteiger partial charge in [-0.25, -0.2) is 0 Å². The molecule has 0 aromatic heterocycles. The standard InChI is InChI=1S/C9H17NO3/c1-9(2)6(4-7(9)13-3)10-5-8(11)12/h6-7,10H,4-5H2,1-3H3,(H,11,12). The summed E-state index contributed by atoms with van der Waals surface area (Å²) in [4.78, 5) is 10.3. The zero-order chi connectivity index (χ0) is 10.1. The summed E-state index contributed by atoms with van der Waals surface area (Å²) in [5, 5.41) is 11.5. The summed E-state index contributed by atoms with van der Waals surface area (Å²) >= 11 is 0. The van der Waals surface area contributed by atoms with Crippen molar-refractivity contribution >= 4 is 5.97 Å². The van der Waals surface area contributed by atoms with Crippen LogP contribution in [0.4, 0.5) is 0 Å². The minimum absolute atomic E-state index is 0.0323. The van der Waals surface area contributed by atoms with Gasteiger partial charge in [0.15, 0.2) is 0 Å². The van der Waals surface area contributed by atoms with Gasteiger partial charge in [-0.05, 0) is 6.42 Å². The predicted molar refractivity (Wildman–Crippen MR) is 48.6 cm³/mol. The van der Waals surface area contributed by atoms with Crippen LogP contribution in [-0.2, 0) is 9.53 Å². The molecule has 1 saturated carbocycles. The van der Waals surface area contributed by atoms with E-state index in [9.17, 15) is 4.79 Å². The van der Waals surface area contributed by atoms with Gasteiger partial charge in [-0.1, -0.05) is 13.8 Å². The summed E-state index contributed by atoms with van der Waals surface area (Å²) in [5.41, 5.74) is 0.0458. The molecular weight excluding hydrogens is 170 g/mol. The van der Waals surface area contributed by atoms with Crippen molar-refractivity contribution in [3.05, 3.63) is 0 Å². The van der Waals surface area contributed by atoms with E-state index >= 15 is 0 Å². The van der Waals surface area contributed by atoms with Crippen molar-refractivity contribution < 1.29 is 14.6 Å². The SMILES string of the molecule is COC1CC(NCC(=O)O)C1(C)C. The van der Waals surface area contributed by atoms with E-state index in [-0.39, 0.29) is 24.1 Å². The van der Waals surface area contributed by atoms with Crippen molar-refractivity contribution in [3.8, 4) is 0 Å². The Morgan fingerprint density at radius 1 is 1.69 bits per heavy atom. The summed E-state index contributed by atoms with van der Waals surface area (Å²) in [6.07, 6.45) is 1.15. The molecule has 13 heavy (non-hydrogen) atoms. The fourth-order valence-electron chi connectivity index (χ4n) is 1.84. The van der Waals surface area contributed by atoms with E-state index in [4.69, 9.17) is 9.84 Å². The van der Waals surface area contributed by atoms with Crippen molar-refractivity contribution in [1.82, 2.24) is 5.32 Å². The summed E-state index contributed by atoms with van der Waals surface area (Å²) in [5.74, 6) is -0.809. The normalized spacial score (nSPS) is 31.0. The molecule has 0 aliphatic heterocycles. The highest BCUT2D eigenvalue weighted by Crippen LogP contribution is 2.42. The molecule has 2 atom stereocenters. The molecule has 1 fully saturated rings. The Labute approximate surface area is 78.3 Å². The summed E-state index contributed by atoms with van der Waals surface area (Å²) in [6, 6.07) is 0.258. The molecule has 0 radical (unpaired) electrons. The number of hydrogen-bond acceptors (Lipinski definition) is 3. The number of hydrogen-bond donors (Lipinski definition) is 2. The minimum Gasteiger partial charge on any atom is -0.480 e. The number of carboxylic acid groups (broad SMARTS) is 1. The molecule has 4 nitrogen and oxygen atoms in total. The highest BCUT2D eigenvalue weighted by Gasteiger charge is 2.48. The fourth-order valence-corrected chi connectivity index (χ4v) is 1.84. The van der Waals surface area contributed by atoms with Crippen molar-refractivity contribution in [3.63, 3.8) is 0 Å². The van der Waals surface area contributed by atoms with E-state index in [0.717, 1.165) is 6.42 Å². The maximum absolute atomic E-state index is 10.3. The lowest BCUT2D eigenvalue weighted by atomic mass is 9.64. The van der Waals surface area contributed by atoms with Crippen molar-refractivity contribution in [2.45, 2.75) is 32.4 Å². The van der Waals surface area contributed by atoms with E-state index in [2.05, 4.69) is 19.2 Å². The second-order valence-electron chi connectivity index (χ2n) is 4.11. The Bertz CT molecular complexity index is 203. The number of carbonyl (C=O) groups is 1. The van der Waals surface area contributed by atoms with Crippen LogP contribution in [0.1, 0.15) is 20.3 Å². The molecule has 0 heterocycles. The average Bonchev–Trinajstić information content (AvgIpc) is 2.02. The van der Waals surface area contributed by atoms with Crippen LogP contribution in [0.15, 0.2) is 0 Å². The van der Waals surface area contributed by atoms with Crippen LogP contribution in [0, 0.1) is 5.41 Å². The van der Waals surface area contributed by atoms with Crippen LogP contribution < -0.4 is 5.32 Å². The summed E-state index contributed by atoms with van der Waals surface area (Å²) < 4.78 is 5.25. The Morgan fingerprint density at radius 2 is 2.31 bits per heavy atom. The lowest BCUT2D eigenvalue weighted by molar-refractivity contribution is -0.138. The first-order chi connectivity index (χ1) is 5.98. The van der Waals surface area contributed by atoms with Gasteiger partial charge in [-0.2, -0.15) is 0 Å². The Hall–Kier alpha value is -0.610. The summed E-state index contributed by atoms with van der Waals surface area (Å²) in [6.45, 7) is 4.21. The van der Waals surface area contributed by atoms with Gasteiger partial charge in [-0.3, -0.25) is 4.79 Å². The second-order valence-corrected chi connectivity index (χ2v) is 4.11. The zero-order valence-electron chi connectivity index (χ0n) is 8.33. The zero-order valence-corrected chi connectivity index (χ0v) is 8.33. The molecule has 76 valence electrons. The van der Waals surface area contributed by atoms with Crippen LogP contribution in [0.2, 0.25) is 0 Å². The van der Waals surface area contributed by atoms with Crippen LogP contribution in [0.25, 0.3) is 0 Å². The summed E-state index contributed by atoms with van der Waals surface area (Å²) in [7, 11) is 1.69. The van der Waals surface area contributed by atoms with Gasteiger partial charge in [0.2, 0.25) is 0 Å². The van der Waals surface area contributed by atoms with Crippen molar-refractivity contribution in [2.24, 2.45) is 5.41 Å². The minimum atomic E-state index is -0.809. The molecule has 2 N–H and O–H groups in total. The van der Waals surface area contributed by atoms with Gasteiger partial charge in [0.05, 0.1) is 12.6 Å². The quantitative estimate of drug-likeness (QED) is 0.672. The number of rotatable bonds is 4. The Balaban J connectivity index is 2.35. The third kappa shape index (κ3) is 2.00. The molecule has 1 aliphatic carbocycles. The molecule has 2 unspecified atom stereocenters. The number of ether oxygens (including phenoxy) is 1. The van der Waals surface area contributed by atoms with Crippen LogP contribution in [0.5, 0.6) is 0 Å². The van der Waals surface area contributed by atoms with Gasteiger partial charge < -0.3 is 15.2 Å². The third-order valence-electron chi connectivity index (χ3n) is 2.96. The Kier molecular flexibility index (Phi) is 2.93. The molecule has 4 heteroatoms.